The van der Waals surface area contributed by atoms with Crippen molar-refractivity contribution in [3.8, 4) is 0 Å². The Morgan fingerprint density at radius 2 is 1.48 bits per heavy atom. The summed E-state index contributed by atoms with van der Waals surface area (Å²) in [4.78, 5) is 27.9. The van der Waals surface area contributed by atoms with Crippen LogP contribution in [0.3, 0.4) is 0 Å². The van der Waals surface area contributed by atoms with E-state index in [4.69, 9.17) is 11.6 Å². The summed E-state index contributed by atoms with van der Waals surface area (Å²) in [5.74, 6) is -0.747. The fourth-order valence-corrected chi connectivity index (χ4v) is 3.44. The van der Waals surface area contributed by atoms with E-state index in [9.17, 15) is 9.59 Å². The third-order valence-corrected chi connectivity index (χ3v) is 5.05. The average Bonchev–Trinajstić information content (AvgIpc) is 2.94. The van der Waals surface area contributed by atoms with Crippen molar-refractivity contribution >= 4 is 40.4 Å². The number of imide groups is 1. The number of halogens is 1. The number of aryl methyl sites for hydroxylation is 2. The highest BCUT2D eigenvalue weighted by atomic mass is 35.5. The number of carbonyl (C=O) groups excluding carboxylic acids is 2. The second-order valence-corrected chi connectivity index (χ2v) is 7.47. The van der Waals surface area contributed by atoms with Gasteiger partial charge >= 0.3 is 0 Å². The molecule has 144 valence electrons. The number of benzene rings is 3. The standard InChI is InChI=1S/C24H19ClN2O2/c1-15-6-12-19(13-7-15)26-22-21(17-8-10-18(25)11-9-17)23(28)27(24(22)29)20-5-3-4-16(2)14-20/h3-14,26H,1-2H3. The lowest BCUT2D eigenvalue weighted by Gasteiger charge is -2.16. The summed E-state index contributed by atoms with van der Waals surface area (Å²) in [7, 11) is 0. The van der Waals surface area contributed by atoms with Gasteiger partial charge in [-0.3, -0.25) is 9.59 Å². The molecule has 0 saturated heterocycles. The van der Waals surface area contributed by atoms with Gasteiger partial charge in [-0.05, 0) is 61.4 Å². The molecular formula is C24H19ClN2O2. The first-order valence-electron chi connectivity index (χ1n) is 9.23. The summed E-state index contributed by atoms with van der Waals surface area (Å²) in [5.41, 5.74) is 4.58. The third-order valence-electron chi connectivity index (χ3n) is 4.80. The Bertz CT molecular complexity index is 1130. The maximum atomic E-state index is 13.3. The Labute approximate surface area is 174 Å². The summed E-state index contributed by atoms with van der Waals surface area (Å²) < 4.78 is 0. The summed E-state index contributed by atoms with van der Waals surface area (Å²) in [6.45, 7) is 3.92. The number of anilines is 2. The maximum absolute atomic E-state index is 13.3. The Balaban J connectivity index is 1.82. The molecule has 4 nitrogen and oxygen atoms in total. The van der Waals surface area contributed by atoms with Crippen molar-refractivity contribution in [2.45, 2.75) is 13.8 Å². The van der Waals surface area contributed by atoms with Crippen LogP contribution in [0.2, 0.25) is 5.02 Å². The van der Waals surface area contributed by atoms with Crippen molar-refractivity contribution in [1.29, 1.82) is 0 Å². The average molecular weight is 403 g/mol. The number of hydrogen-bond acceptors (Lipinski definition) is 3. The molecule has 0 bridgehead atoms. The van der Waals surface area contributed by atoms with Crippen LogP contribution in [-0.4, -0.2) is 11.8 Å². The molecule has 29 heavy (non-hydrogen) atoms. The fraction of sp³-hybridized carbons (Fsp3) is 0.0833. The van der Waals surface area contributed by atoms with Crippen LogP contribution in [0.4, 0.5) is 11.4 Å². The zero-order valence-corrected chi connectivity index (χ0v) is 16.8. The molecule has 0 atom stereocenters. The van der Waals surface area contributed by atoms with Crippen molar-refractivity contribution in [2.24, 2.45) is 0 Å². The van der Waals surface area contributed by atoms with Gasteiger partial charge in [-0.15, -0.1) is 0 Å². The van der Waals surface area contributed by atoms with Gasteiger partial charge in [-0.1, -0.05) is 53.6 Å². The molecule has 0 spiro atoms. The molecule has 4 rings (SSSR count). The van der Waals surface area contributed by atoms with E-state index >= 15 is 0 Å². The van der Waals surface area contributed by atoms with Gasteiger partial charge in [-0.2, -0.15) is 0 Å². The van der Waals surface area contributed by atoms with E-state index in [0.29, 0.717) is 21.8 Å². The predicted octanol–water partition coefficient (Wildman–Crippen LogP) is 5.35. The number of hydrogen-bond donors (Lipinski definition) is 1. The van der Waals surface area contributed by atoms with Gasteiger partial charge < -0.3 is 5.32 Å². The van der Waals surface area contributed by atoms with Crippen LogP contribution in [0.5, 0.6) is 0 Å². The van der Waals surface area contributed by atoms with Crippen molar-refractivity contribution in [2.75, 3.05) is 10.2 Å². The molecule has 1 heterocycles. The fourth-order valence-electron chi connectivity index (χ4n) is 3.31. The van der Waals surface area contributed by atoms with Gasteiger partial charge in [-0.25, -0.2) is 4.90 Å². The van der Waals surface area contributed by atoms with Gasteiger partial charge in [0, 0.05) is 10.7 Å². The second-order valence-electron chi connectivity index (χ2n) is 7.03. The maximum Gasteiger partial charge on any atom is 0.282 e. The summed E-state index contributed by atoms with van der Waals surface area (Å²) in [6, 6.07) is 21.9. The van der Waals surface area contributed by atoms with Crippen LogP contribution >= 0.6 is 11.6 Å². The van der Waals surface area contributed by atoms with Crippen LogP contribution in [-0.2, 0) is 9.59 Å². The van der Waals surface area contributed by atoms with Crippen LogP contribution in [0, 0.1) is 13.8 Å². The van der Waals surface area contributed by atoms with Crippen LogP contribution < -0.4 is 10.2 Å². The first-order valence-corrected chi connectivity index (χ1v) is 9.61. The van der Waals surface area contributed by atoms with Crippen molar-refractivity contribution in [1.82, 2.24) is 0 Å². The van der Waals surface area contributed by atoms with Gasteiger partial charge in [0.15, 0.2) is 0 Å². The number of carbonyl (C=O) groups is 2. The van der Waals surface area contributed by atoms with E-state index < -0.39 is 0 Å². The largest absolute Gasteiger partial charge is 0.350 e. The summed E-state index contributed by atoms with van der Waals surface area (Å²) >= 11 is 6.01. The molecule has 0 aromatic heterocycles. The van der Waals surface area contributed by atoms with E-state index in [2.05, 4.69) is 5.32 Å². The molecule has 5 heteroatoms. The molecule has 0 fully saturated rings. The van der Waals surface area contributed by atoms with Gasteiger partial charge in [0.25, 0.3) is 11.8 Å². The van der Waals surface area contributed by atoms with E-state index in [1.807, 2.05) is 56.3 Å². The lowest BCUT2D eigenvalue weighted by molar-refractivity contribution is -0.120. The number of rotatable bonds is 4. The molecule has 0 saturated carbocycles. The summed E-state index contributed by atoms with van der Waals surface area (Å²) in [5, 5.41) is 3.72. The highest BCUT2D eigenvalue weighted by Crippen LogP contribution is 2.34. The van der Waals surface area contributed by atoms with Crippen LogP contribution in [0.15, 0.2) is 78.5 Å². The van der Waals surface area contributed by atoms with Gasteiger partial charge in [0.2, 0.25) is 0 Å². The summed E-state index contributed by atoms with van der Waals surface area (Å²) in [6.07, 6.45) is 0. The van der Waals surface area contributed by atoms with Crippen molar-refractivity contribution < 1.29 is 9.59 Å². The van der Waals surface area contributed by atoms with Crippen molar-refractivity contribution in [3.05, 3.63) is 100 Å². The topological polar surface area (TPSA) is 49.4 Å². The van der Waals surface area contributed by atoms with E-state index in [-0.39, 0.29) is 17.5 Å². The monoisotopic (exact) mass is 402 g/mol. The molecule has 2 amide bonds. The molecule has 0 aliphatic carbocycles. The second kappa shape index (κ2) is 7.57. The van der Waals surface area contributed by atoms with Gasteiger partial charge in [0.05, 0.1) is 11.3 Å². The lowest BCUT2D eigenvalue weighted by atomic mass is 10.0. The highest BCUT2D eigenvalue weighted by Gasteiger charge is 2.40. The van der Waals surface area contributed by atoms with E-state index in [0.717, 1.165) is 16.8 Å². The minimum atomic E-state index is -0.383. The molecule has 3 aromatic rings. The Morgan fingerprint density at radius 3 is 2.14 bits per heavy atom. The van der Waals surface area contributed by atoms with Crippen molar-refractivity contribution in [3.63, 3.8) is 0 Å². The number of nitrogens with zero attached hydrogens (tertiary/aromatic N) is 1. The molecule has 1 aliphatic rings. The van der Waals surface area contributed by atoms with Gasteiger partial charge in [0.1, 0.15) is 5.70 Å². The Kier molecular flexibility index (Phi) is 4.95. The third kappa shape index (κ3) is 3.67. The molecule has 3 aromatic carbocycles. The van der Waals surface area contributed by atoms with E-state index in [1.54, 1.807) is 30.3 Å². The van der Waals surface area contributed by atoms with Crippen LogP contribution in [0.25, 0.3) is 5.57 Å². The van der Waals surface area contributed by atoms with E-state index in [1.165, 1.54) is 4.90 Å². The Hall–Kier alpha value is -3.37. The molecule has 0 radical (unpaired) electrons. The first-order chi connectivity index (χ1) is 13.9. The Morgan fingerprint density at radius 1 is 0.793 bits per heavy atom. The normalized spacial score (nSPS) is 14.0. The van der Waals surface area contributed by atoms with Crippen LogP contribution in [0.1, 0.15) is 16.7 Å². The zero-order chi connectivity index (χ0) is 20.5. The molecule has 1 N–H and O–H groups in total. The molecule has 0 unspecified atom stereocenters. The molecular weight excluding hydrogens is 384 g/mol. The zero-order valence-electron chi connectivity index (χ0n) is 16.1. The number of amides is 2. The SMILES string of the molecule is Cc1ccc(NC2=C(c3ccc(Cl)cc3)C(=O)N(c3cccc(C)c3)C2=O)cc1. The smallest absolute Gasteiger partial charge is 0.282 e. The minimum Gasteiger partial charge on any atom is -0.350 e. The minimum absolute atomic E-state index is 0.252. The highest BCUT2D eigenvalue weighted by molar-refractivity contribution is 6.46. The quantitative estimate of drug-likeness (QED) is 0.598. The molecule has 1 aliphatic heterocycles. The number of nitrogens with one attached hydrogen (secondary N) is 1. The lowest BCUT2D eigenvalue weighted by Crippen LogP contribution is -2.32. The first kappa shape index (κ1) is 19.0. The predicted molar refractivity (Wildman–Crippen MR) is 117 cm³/mol.